The number of aromatic nitrogens is 1. The lowest BCUT2D eigenvalue weighted by Crippen LogP contribution is -2.10. The van der Waals surface area contributed by atoms with Gasteiger partial charge >= 0.3 is 0 Å². The van der Waals surface area contributed by atoms with Crippen molar-refractivity contribution in [2.75, 3.05) is 11.5 Å². The van der Waals surface area contributed by atoms with Gasteiger partial charge in [-0.05, 0) is 30.3 Å². The summed E-state index contributed by atoms with van der Waals surface area (Å²) in [6.45, 7) is 0. The number of hydrogen-bond donors (Lipinski definition) is 0. The molecule has 0 aromatic carbocycles. The normalized spacial score (nSPS) is 19.7. The fraction of sp³-hybridized carbons (Fsp3) is 0.556. The third-order valence-electron chi connectivity index (χ3n) is 2.10. The maximum Gasteiger partial charge on any atom is 0.0965 e. The zero-order valence-electron chi connectivity index (χ0n) is 6.90. The zero-order chi connectivity index (χ0) is 8.23. The van der Waals surface area contributed by atoms with Crippen molar-refractivity contribution in [1.29, 1.82) is 0 Å². The number of hydrogen-bond acceptors (Lipinski definition) is 3. The van der Waals surface area contributed by atoms with Gasteiger partial charge in [0.2, 0.25) is 0 Å². The molecule has 0 saturated carbocycles. The molecule has 65 valence electrons. The Balaban J connectivity index is 1.86. The van der Waals surface area contributed by atoms with Crippen LogP contribution in [-0.4, -0.2) is 16.5 Å². The number of rotatable bonds is 2. The lowest BCUT2D eigenvalue weighted by molar-refractivity contribution is 0.569. The van der Waals surface area contributed by atoms with Crippen LogP contribution in [0.15, 0.2) is 11.6 Å². The van der Waals surface area contributed by atoms with E-state index in [0.29, 0.717) is 0 Å². The number of thioether (sulfide) groups is 1. The maximum absolute atomic E-state index is 4.27. The highest BCUT2D eigenvalue weighted by molar-refractivity contribution is 7.99. The van der Waals surface area contributed by atoms with Crippen LogP contribution in [0.5, 0.6) is 0 Å². The molecule has 1 aromatic rings. The third-order valence-corrected chi connectivity index (χ3v) is 3.89. The Bertz CT molecular complexity index is 214. The molecule has 0 amide bonds. The lowest BCUT2D eigenvalue weighted by Gasteiger charge is -2.19. The molecule has 2 heterocycles. The molecule has 0 spiro atoms. The van der Waals surface area contributed by atoms with Crippen LogP contribution in [0.4, 0.5) is 0 Å². The molecule has 0 aliphatic carbocycles. The van der Waals surface area contributed by atoms with Gasteiger partial charge in [-0.2, -0.15) is 11.8 Å². The molecule has 1 aliphatic rings. The van der Waals surface area contributed by atoms with Crippen LogP contribution in [0.1, 0.15) is 17.8 Å². The van der Waals surface area contributed by atoms with E-state index in [1.165, 1.54) is 29.4 Å². The molecule has 1 saturated heterocycles. The summed E-state index contributed by atoms with van der Waals surface area (Å²) in [6, 6.07) is 0. The smallest absolute Gasteiger partial charge is 0.0965 e. The van der Waals surface area contributed by atoms with Crippen molar-refractivity contribution in [1.82, 2.24) is 4.98 Å². The van der Waals surface area contributed by atoms with E-state index in [2.05, 4.69) is 23.2 Å². The third kappa shape index (κ3) is 2.23. The molecule has 3 heteroatoms. The summed E-state index contributed by atoms with van der Waals surface area (Å²) in [7, 11) is 0. The first kappa shape index (κ1) is 8.57. The monoisotopic (exact) mass is 198 g/mol. The average Bonchev–Trinajstić information content (AvgIpc) is 2.59. The summed E-state index contributed by atoms with van der Waals surface area (Å²) in [5.74, 6) is 3.44. The van der Waals surface area contributed by atoms with Crippen LogP contribution in [0, 0.1) is 12.3 Å². The van der Waals surface area contributed by atoms with Crippen molar-refractivity contribution in [3.63, 3.8) is 0 Å². The van der Waals surface area contributed by atoms with Gasteiger partial charge in [-0.3, -0.25) is 0 Å². The number of thiazole rings is 1. The van der Waals surface area contributed by atoms with Crippen LogP contribution < -0.4 is 0 Å². The van der Waals surface area contributed by atoms with Crippen LogP contribution >= 0.6 is 23.1 Å². The van der Waals surface area contributed by atoms with Gasteiger partial charge in [-0.1, -0.05) is 0 Å². The molecule has 12 heavy (non-hydrogen) atoms. The highest BCUT2D eigenvalue weighted by atomic mass is 32.2. The highest BCUT2D eigenvalue weighted by Crippen LogP contribution is 2.27. The van der Waals surface area contributed by atoms with Gasteiger partial charge in [0.15, 0.2) is 0 Å². The summed E-state index contributed by atoms with van der Waals surface area (Å²) in [6.07, 6.45) is 6.90. The van der Waals surface area contributed by atoms with Crippen molar-refractivity contribution < 1.29 is 0 Å². The minimum Gasteiger partial charge on any atom is -0.249 e. The Kier molecular flexibility index (Phi) is 3.06. The molecule has 1 fully saturated rings. The lowest BCUT2D eigenvalue weighted by atomic mass is 9.99. The second-order valence-corrected chi connectivity index (χ2v) is 5.14. The fourth-order valence-corrected chi connectivity index (χ4v) is 3.20. The average molecular weight is 198 g/mol. The van der Waals surface area contributed by atoms with Crippen LogP contribution in [-0.2, 0) is 0 Å². The first-order chi connectivity index (χ1) is 5.95. The van der Waals surface area contributed by atoms with Gasteiger partial charge < -0.3 is 0 Å². The van der Waals surface area contributed by atoms with Gasteiger partial charge in [0.1, 0.15) is 0 Å². The van der Waals surface area contributed by atoms with Crippen molar-refractivity contribution in [2.24, 2.45) is 5.92 Å². The van der Waals surface area contributed by atoms with Crippen molar-refractivity contribution in [2.45, 2.75) is 12.8 Å². The van der Waals surface area contributed by atoms with Crippen LogP contribution in [0.3, 0.4) is 0 Å². The minimum atomic E-state index is 0.789. The Hall–Kier alpha value is -0.0200. The molecule has 1 radical (unpaired) electrons. The van der Waals surface area contributed by atoms with E-state index in [1.54, 1.807) is 11.3 Å². The van der Waals surface area contributed by atoms with Crippen molar-refractivity contribution in [3.05, 3.63) is 23.0 Å². The van der Waals surface area contributed by atoms with Gasteiger partial charge in [0, 0.05) is 18.0 Å². The van der Waals surface area contributed by atoms with E-state index in [0.717, 1.165) is 5.92 Å². The molecule has 0 atom stereocenters. The highest BCUT2D eigenvalue weighted by Gasteiger charge is 2.15. The Morgan fingerprint density at radius 3 is 2.92 bits per heavy atom. The second kappa shape index (κ2) is 4.28. The second-order valence-electron chi connectivity index (χ2n) is 2.99. The maximum atomic E-state index is 4.27. The summed E-state index contributed by atoms with van der Waals surface area (Å²) in [4.78, 5) is 4.27. The Morgan fingerprint density at radius 1 is 1.42 bits per heavy atom. The molecular weight excluding hydrogens is 186 g/mol. The molecule has 0 bridgehead atoms. The van der Waals surface area contributed by atoms with Gasteiger partial charge in [0.05, 0.1) is 5.01 Å². The fourth-order valence-electron chi connectivity index (χ4n) is 1.40. The van der Waals surface area contributed by atoms with Gasteiger partial charge in [-0.15, -0.1) is 11.3 Å². The Labute approximate surface area is 81.6 Å². The topological polar surface area (TPSA) is 12.9 Å². The van der Waals surface area contributed by atoms with E-state index in [9.17, 15) is 0 Å². The summed E-state index contributed by atoms with van der Waals surface area (Å²) >= 11 is 3.82. The Morgan fingerprint density at radius 2 is 2.25 bits per heavy atom. The number of nitrogens with zero attached hydrogens (tertiary/aromatic N) is 1. The van der Waals surface area contributed by atoms with Gasteiger partial charge in [0.25, 0.3) is 0 Å². The molecular formula is C9H12NS2. The standard InChI is InChI=1S/C9H12NS2/c1-4-11-5-2-8(1)7-9-10-3-6-12-9/h3,6-8H,1-2,4-5H2. The van der Waals surface area contributed by atoms with Gasteiger partial charge in [-0.25, -0.2) is 4.98 Å². The predicted octanol–water partition coefficient (Wildman–Crippen LogP) is 2.84. The minimum absolute atomic E-state index is 0.789. The van der Waals surface area contributed by atoms with E-state index in [1.807, 2.05) is 11.6 Å². The summed E-state index contributed by atoms with van der Waals surface area (Å²) in [5.41, 5.74) is 0. The molecule has 1 nitrogen and oxygen atoms in total. The van der Waals surface area contributed by atoms with E-state index in [4.69, 9.17) is 0 Å². The van der Waals surface area contributed by atoms with E-state index >= 15 is 0 Å². The van der Waals surface area contributed by atoms with E-state index in [-0.39, 0.29) is 0 Å². The quantitative estimate of drug-likeness (QED) is 0.725. The van der Waals surface area contributed by atoms with Crippen molar-refractivity contribution >= 4 is 23.1 Å². The zero-order valence-corrected chi connectivity index (χ0v) is 8.53. The molecule has 2 rings (SSSR count). The summed E-state index contributed by atoms with van der Waals surface area (Å²) in [5, 5.41) is 3.25. The first-order valence-corrected chi connectivity index (χ1v) is 6.31. The van der Waals surface area contributed by atoms with Crippen molar-refractivity contribution in [3.8, 4) is 0 Å². The molecule has 1 aromatic heterocycles. The summed E-state index contributed by atoms with van der Waals surface area (Å²) < 4.78 is 0. The predicted molar refractivity (Wildman–Crippen MR) is 55.6 cm³/mol. The molecule has 0 N–H and O–H groups in total. The molecule has 0 unspecified atom stereocenters. The van der Waals surface area contributed by atoms with E-state index < -0.39 is 0 Å². The van der Waals surface area contributed by atoms with Crippen LogP contribution in [0.25, 0.3) is 0 Å². The first-order valence-electron chi connectivity index (χ1n) is 4.27. The molecule has 1 aliphatic heterocycles. The van der Waals surface area contributed by atoms with Crippen LogP contribution in [0.2, 0.25) is 0 Å². The largest absolute Gasteiger partial charge is 0.249 e. The SMILES string of the molecule is [CH](c1nccs1)C1CCSCC1.